The van der Waals surface area contributed by atoms with Crippen LogP contribution in [0.2, 0.25) is 0 Å². The van der Waals surface area contributed by atoms with Crippen LogP contribution in [0.25, 0.3) is 0 Å². The van der Waals surface area contributed by atoms with Crippen molar-refractivity contribution in [2.75, 3.05) is 18.0 Å². The predicted octanol–water partition coefficient (Wildman–Crippen LogP) is 2.19. The third-order valence-corrected chi connectivity index (χ3v) is 4.92. The first-order valence-corrected chi connectivity index (χ1v) is 7.36. The van der Waals surface area contributed by atoms with E-state index in [1.165, 1.54) is 18.2 Å². The highest BCUT2D eigenvalue weighted by Gasteiger charge is 2.30. The molecule has 1 amide bonds. The molecule has 0 aromatic heterocycles. The number of hydrogen-bond donors (Lipinski definition) is 2. The van der Waals surface area contributed by atoms with E-state index in [1.807, 2.05) is 11.8 Å². The highest BCUT2D eigenvalue weighted by atomic mass is 32.2. The van der Waals surface area contributed by atoms with Crippen molar-refractivity contribution in [2.45, 2.75) is 24.5 Å². The van der Waals surface area contributed by atoms with Crippen LogP contribution in [0, 0.1) is 10.1 Å². The first-order chi connectivity index (χ1) is 9.41. The van der Waals surface area contributed by atoms with Gasteiger partial charge in [-0.2, -0.15) is 11.8 Å². The quantitative estimate of drug-likeness (QED) is 0.504. The molecular formula is C13H17N3O3S. The molecule has 1 unspecified atom stereocenters. The van der Waals surface area contributed by atoms with Crippen molar-refractivity contribution in [2.24, 2.45) is 0 Å². The minimum absolute atomic E-state index is 0.0154. The van der Waals surface area contributed by atoms with Crippen molar-refractivity contribution in [1.82, 2.24) is 5.32 Å². The molecule has 0 radical (unpaired) electrons. The summed E-state index contributed by atoms with van der Waals surface area (Å²) >= 11 is 1.82. The van der Waals surface area contributed by atoms with Gasteiger partial charge in [-0.1, -0.05) is 0 Å². The Labute approximate surface area is 121 Å². The summed E-state index contributed by atoms with van der Waals surface area (Å²) < 4.78 is 0.0186. The van der Waals surface area contributed by atoms with E-state index in [0.717, 1.165) is 18.6 Å². The number of nitrogens with two attached hydrogens (primary N) is 1. The van der Waals surface area contributed by atoms with Crippen LogP contribution in [-0.2, 0) is 0 Å². The Bertz CT molecular complexity index is 542. The van der Waals surface area contributed by atoms with Crippen molar-refractivity contribution >= 4 is 29.0 Å². The zero-order valence-corrected chi connectivity index (χ0v) is 12.0. The van der Waals surface area contributed by atoms with E-state index in [2.05, 4.69) is 12.2 Å². The van der Waals surface area contributed by atoms with Gasteiger partial charge in [0.2, 0.25) is 0 Å². The molecule has 6 nitrogen and oxygen atoms in total. The van der Waals surface area contributed by atoms with E-state index in [1.54, 1.807) is 0 Å². The van der Waals surface area contributed by atoms with Crippen LogP contribution in [0.1, 0.15) is 30.1 Å². The number of anilines is 1. The van der Waals surface area contributed by atoms with E-state index in [4.69, 9.17) is 5.73 Å². The molecular weight excluding hydrogens is 278 g/mol. The van der Waals surface area contributed by atoms with Crippen LogP contribution in [0.15, 0.2) is 18.2 Å². The fourth-order valence-electron chi connectivity index (χ4n) is 2.23. The van der Waals surface area contributed by atoms with Gasteiger partial charge in [-0.25, -0.2) is 0 Å². The number of nitro benzene ring substituents is 1. The SMILES string of the molecule is CC1(CNC(=O)c2cc(N)ccc2[N+](=O)[O-])CCCS1. The van der Waals surface area contributed by atoms with Crippen LogP contribution < -0.4 is 11.1 Å². The molecule has 1 heterocycles. The smallest absolute Gasteiger partial charge is 0.282 e. The molecule has 108 valence electrons. The number of rotatable bonds is 4. The van der Waals surface area contributed by atoms with E-state index in [9.17, 15) is 14.9 Å². The molecule has 0 saturated carbocycles. The molecule has 1 aliphatic rings. The standard InChI is InChI=1S/C13H17N3O3S/c1-13(5-2-6-20-13)8-15-12(17)10-7-9(14)3-4-11(10)16(18)19/h3-4,7H,2,5-6,8,14H2,1H3,(H,15,17). The van der Waals surface area contributed by atoms with Gasteiger partial charge in [0.05, 0.1) is 4.92 Å². The Morgan fingerprint density at radius 2 is 2.35 bits per heavy atom. The Balaban J connectivity index is 2.12. The molecule has 1 atom stereocenters. The molecule has 7 heteroatoms. The summed E-state index contributed by atoms with van der Waals surface area (Å²) in [5.41, 5.74) is 5.73. The highest BCUT2D eigenvalue weighted by Crippen LogP contribution is 2.37. The van der Waals surface area contributed by atoms with Gasteiger partial charge in [-0.15, -0.1) is 0 Å². The number of amides is 1. The molecule has 1 aromatic rings. The normalized spacial score (nSPS) is 21.6. The van der Waals surface area contributed by atoms with Gasteiger partial charge < -0.3 is 11.1 Å². The highest BCUT2D eigenvalue weighted by molar-refractivity contribution is 8.00. The van der Waals surface area contributed by atoms with Crippen LogP contribution in [-0.4, -0.2) is 27.9 Å². The largest absolute Gasteiger partial charge is 0.399 e. The van der Waals surface area contributed by atoms with Crippen LogP contribution >= 0.6 is 11.8 Å². The van der Waals surface area contributed by atoms with Gasteiger partial charge in [-0.05, 0) is 37.7 Å². The van der Waals surface area contributed by atoms with Gasteiger partial charge >= 0.3 is 0 Å². The van der Waals surface area contributed by atoms with Gasteiger partial charge in [0.1, 0.15) is 5.56 Å². The van der Waals surface area contributed by atoms with Crippen molar-refractivity contribution < 1.29 is 9.72 Å². The summed E-state index contributed by atoms with van der Waals surface area (Å²) in [7, 11) is 0. The minimum atomic E-state index is -0.569. The number of nitrogen functional groups attached to an aromatic ring is 1. The number of hydrogen-bond acceptors (Lipinski definition) is 5. The second kappa shape index (κ2) is 5.70. The number of carbonyl (C=O) groups excluding carboxylic acids is 1. The van der Waals surface area contributed by atoms with E-state index < -0.39 is 10.8 Å². The van der Waals surface area contributed by atoms with E-state index >= 15 is 0 Å². The molecule has 1 saturated heterocycles. The third-order valence-electron chi connectivity index (χ3n) is 3.39. The third kappa shape index (κ3) is 3.22. The Hall–Kier alpha value is -1.76. The first-order valence-electron chi connectivity index (χ1n) is 6.37. The minimum Gasteiger partial charge on any atom is -0.399 e. The first kappa shape index (κ1) is 14.6. The predicted molar refractivity (Wildman–Crippen MR) is 79.9 cm³/mol. The van der Waals surface area contributed by atoms with Crippen LogP contribution in [0.3, 0.4) is 0 Å². The number of thioether (sulfide) groups is 1. The van der Waals surface area contributed by atoms with Crippen molar-refractivity contribution in [3.63, 3.8) is 0 Å². The lowest BCUT2D eigenvalue weighted by molar-refractivity contribution is -0.385. The summed E-state index contributed by atoms with van der Waals surface area (Å²) in [5.74, 6) is 0.642. The average molecular weight is 295 g/mol. The second-order valence-corrected chi connectivity index (χ2v) is 6.80. The maximum Gasteiger partial charge on any atom is 0.282 e. The number of nitro groups is 1. The monoisotopic (exact) mass is 295 g/mol. The fourth-order valence-corrected chi connectivity index (χ4v) is 3.48. The zero-order chi connectivity index (χ0) is 14.8. The van der Waals surface area contributed by atoms with E-state index in [0.29, 0.717) is 12.2 Å². The van der Waals surface area contributed by atoms with Gasteiger partial charge in [-0.3, -0.25) is 14.9 Å². The summed E-state index contributed by atoms with van der Waals surface area (Å²) in [6.07, 6.45) is 2.17. The maximum absolute atomic E-state index is 12.1. The van der Waals surface area contributed by atoms with Crippen LogP contribution in [0.4, 0.5) is 11.4 Å². The molecule has 0 bridgehead atoms. The molecule has 1 aromatic carbocycles. The Kier molecular flexibility index (Phi) is 4.17. The molecule has 1 fully saturated rings. The number of carbonyl (C=O) groups is 1. The Morgan fingerprint density at radius 1 is 1.60 bits per heavy atom. The molecule has 0 spiro atoms. The fraction of sp³-hybridized carbons (Fsp3) is 0.462. The molecule has 1 aliphatic heterocycles. The molecule has 2 rings (SSSR count). The van der Waals surface area contributed by atoms with Gasteiger partial charge in [0.25, 0.3) is 11.6 Å². The second-order valence-electron chi connectivity index (χ2n) is 5.12. The number of nitrogens with one attached hydrogen (secondary N) is 1. The van der Waals surface area contributed by atoms with Crippen molar-refractivity contribution in [1.29, 1.82) is 0 Å². The van der Waals surface area contributed by atoms with E-state index in [-0.39, 0.29) is 16.0 Å². The lowest BCUT2D eigenvalue weighted by atomic mass is 10.1. The summed E-state index contributed by atoms with van der Waals surface area (Å²) in [4.78, 5) is 22.5. The maximum atomic E-state index is 12.1. The molecule has 0 aliphatic carbocycles. The topological polar surface area (TPSA) is 98.3 Å². The molecule has 3 N–H and O–H groups in total. The lowest BCUT2D eigenvalue weighted by Gasteiger charge is -2.22. The lowest BCUT2D eigenvalue weighted by Crippen LogP contribution is -2.37. The van der Waals surface area contributed by atoms with Gasteiger partial charge in [0.15, 0.2) is 0 Å². The molecule has 20 heavy (non-hydrogen) atoms. The van der Waals surface area contributed by atoms with Crippen molar-refractivity contribution in [3.05, 3.63) is 33.9 Å². The zero-order valence-electron chi connectivity index (χ0n) is 11.2. The van der Waals surface area contributed by atoms with Crippen LogP contribution in [0.5, 0.6) is 0 Å². The van der Waals surface area contributed by atoms with Crippen molar-refractivity contribution in [3.8, 4) is 0 Å². The number of nitrogens with zero attached hydrogens (tertiary/aromatic N) is 1. The average Bonchev–Trinajstić information content (AvgIpc) is 2.83. The number of benzene rings is 1. The Morgan fingerprint density at radius 3 is 2.95 bits per heavy atom. The summed E-state index contributed by atoms with van der Waals surface area (Å²) in [6.45, 7) is 2.60. The van der Waals surface area contributed by atoms with Gasteiger partial charge in [0, 0.05) is 23.0 Å². The summed E-state index contributed by atoms with van der Waals surface area (Å²) in [6, 6.07) is 4.02. The summed E-state index contributed by atoms with van der Waals surface area (Å²) in [5, 5.41) is 13.7.